The zero-order chi connectivity index (χ0) is 24.5. The molecule has 4 rings (SSSR count). The summed E-state index contributed by atoms with van der Waals surface area (Å²) >= 11 is 0. The highest BCUT2D eigenvalue weighted by Gasteiger charge is 2.50. The molecule has 2 aromatic carbocycles. The molecule has 0 saturated heterocycles. The molecule has 1 aliphatic carbocycles. The highest BCUT2D eigenvalue weighted by molar-refractivity contribution is 7.57. The number of nitrogens with zero attached hydrogens (tertiary/aromatic N) is 1. The molecular weight excluding hydrogens is 398 g/mol. The van der Waals surface area contributed by atoms with E-state index in [4.69, 9.17) is 38.8 Å². The van der Waals surface area contributed by atoms with Crippen LogP contribution in [0.15, 0.2) is 66.7 Å². The molecule has 0 spiro atoms. The van der Waals surface area contributed by atoms with Gasteiger partial charge in [0.1, 0.15) is 7.06 Å². The van der Waals surface area contributed by atoms with Crippen LogP contribution in [0, 0.1) is 0 Å². The Balaban J connectivity index is 2.05. The molecule has 1 aliphatic rings. The first-order valence-corrected chi connectivity index (χ1v) is 11.8. The summed E-state index contributed by atoms with van der Waals surface area (Å²) in [5.74, 6) is 0. The first-order valence-electron chi connectivity index (χ1n) is 11.8. The molecule has 13 radical (unpaired) electrons. The lowest BCUT2D eigenvalue weighted by atomic mass is 8.84. The Morgan fingerprint density at radius 1 is 0.941 bits per heavy atom. The number of aromatic nitrogens is 1. The van der Waals surface area contributed by atoms with Crippen LogP contribution in [0.3, 0.4) is 0 Å². The van der Waals surface area contributed by atoms with Crippen LogP contribution in [-0.2, 0) is 18.3 Å². The van der Waals surface area contributed by atoms with Crippen molar-refractivity contribution < 1.29 is 4.48 Å². The summed E-state index contributed by atoms with van der Waals surface area (Å²) in [6.45, 7) is 3.90. The van der Waals surface area contributed by atoms with Gasteiger partial charge >= 0.3 is 6.74 Å². The second kappa shape index (κ2) is 10.1. The third-order valence-corrected chi connectivity index (χ3v) is 7.22. The molecule has 0 aliphatic heterocycles. The van der Waals surface area contributed by atoms with E-state index in [1.807, 2.05) is 0 Å². The minimum Gasteiger partial charge on any atom is -0.294 e. The Bertz CT molecular complexity index is 1120. The van der Waals surface area contributed by atoms with E-state index in [0.29, 0.717) is 0 Å². The van der Waals surface area contributed by atoms with Crippen LogP contribution in [-0.4, -0.2) is 73.3 Å². The van der Waals surface area contributed by atoms with Crippen LogP contribution >= 0.6 is 0 Å². The molecule has 0 bridgehead atoms. The van der Waals surface area contributed by atoms with E-state index in [1.54, 1.807) is 14.2 Å². The van der Waals surface area contributed by atoms with Gasteiger partial charge in [-0.2, -0.15) is 0 Å². The molecule has 147 valence electrons. The Kier molecular flexibility index (Phi) is 7.51. The highest BCUT2D eigenvalue weighted by atomic mass is 14.9. The molecule has 1 unspecified atom stereocenters. The van der Waals surface area contributed by atoms with Gasteiger partial charge in [-0.25, -0.2) is 0 Å². The van der Waals surface area contributed by atoms with Gasteiger partial charge in [0.15, 0.2) is 11.4 Å². The Morgan fingerprint density at radius 2 is 1.53 bits per heavy atom. The summed E-state index contributed by atoms with van der Waals surface area (Å²) in [7, 11) is 35.7. The number of fused-ring (bicyclic) bond motifs is 2. The average Bonchev–Trinajstić information content (AvgIpc) is 2.84. The van der Waals surface area contributed by atoms with Crippen molar-refractivity contribution in [2.24, 2.45) is 0 Å². The molecule has 11 heteroatoms. The van der Waals surface area contributed by atoms with E-state index in [0.717, 1.165) is 24.2 Å². The van der Waals surface area contributed by atoms with Crippen LogP contribution in [0.5, 0.6) is 0 Å². The third kappa shape index (κ3) is 4.22. The van der Waals surface area contributed by atoms with Crippen LogP contribution in [0.1, 0.15) is 47.5 Å². The van der Waals surface area contributed by atoms with Crippen molar-refractivity contribution in [3.8, 4) is 0 Å². The summed E-state index contributed by atoms with van der Waals surface area (Å²) in [6, 6.07) is 23.7. The fourth-order valence-electron chi connectivity index (χ4n) is 5.60. The molecule has 34 heavy (non-hydrogen) atoms. The monoisotopic (exact) mass is 421 g/mol. The second-order valence-corrected chi connectivity index (χ2v) is 9.29. The van der Waals surface area contributed by atoms with Gasteiger partial charge in [-0.15, -0.1) is 0 Å². The van der Waals surface area contributed by atoms with Crippen LogP contribution < -0.4 is 4.48 Å². The molecule has 0 fully saturated rings. The largest absolute Gasteiger partial charge is 0.401 e. The number of pyridine rings is 1. The third-order valence-electron chi connectivity index (χ3n) is 7.22. The van der Waals surface area contributed by atoms with Gasteiger partial charge < -0.3 is 0 Å². The summed E-state index contributed by atoms with van der Waals surface area (Å²) in [5.41, 5.74) is 6.87. The molecule has 0 saturated carbocycles. The summed E-state index contributed by atoms with van der Waals surface area (Å²) in [6.07, 6.45) is 0.930. The van der Waals surface area contributed by atoms with Gasteiger partial charge in [0, 0.05) is 78.1 Å². The molecule has 3 aromatic rings. The lowest BCUT2D eigenvalue weighted by Gasteiger charge is -2.40. The number of aryl methyl sites for hydroxylation is 1. The maximum Gasteiger partial charge on any atom is 0.401 e. The van der Waals surface area contributed by atoms with Gasteiger partial charge in [0.05, 0.1) is 5.41 Å². The van der Waals surface area contributed by atoms with E-state index < -0.39 is 23.6 Å². The zero-order valence-electron chi connectivity index (χ0n) is 20.0. The predicted octanol–water partition coefficient (Wildman–Crippen LogP) is 0.514. The summed E-state index contributed by atoms with van der Waals surface area (Å²) in [5, 5.41) is -1.16. The summed E-state index contributed by atoms with van der Waals surface area (Å²) in [4.78, 5) is 0. The van der Waals surface area contributed by atoms with Crippen LogP contribution in [0.25, 0.3) is 0 Å². The zero-order valence-corrected chi connectivity index (χ0v) is 20.0. The standard InChI is InChI=1S/C23H21B10N/c1-3-18-11-8-14-21(34(18)32(31-26)23(24,29-25)30-33(27)28)22(2)19-12-6-4-9-16(19)15-17-10-5-7-13-20(17)22/h4-14H,3,15H2,1-2H3/q+1. The van der Waals surface area contributed by atoms with Gasteiger partial charge in [0.25, 0.3) is 0 Å². The smallest absolute Gasteiger partial charge is 0.294 e. The van der Waals surface area contributed by atoms with E-state index in [-0.39, 0.29) is 0 Å². The Labute approximate surface area is 214 Å². The van der Waals surface area contributed by atoms with E-state index in [1.165, 1.54) is 29.4 Å². The van der Waals surface area contributed by atoms with Crippen molar-refractivity contribution in [1.82, 2.24) is 0 Å². The van der Waals surface area contributed by atoms with Crippen molar-refractivity contribution in [3.05, 3.63) is 100 Å². The number of rotatable bonds is 8. The fraction of sp³-hybridized carbons (Fsp3) is 0.261. The molecule has 1 atom stereocenters. The topological polar surface area (TPSA) is 3.88 Å². The van der Waals surface area contributed by atoms with Crippen molar-refractivity contribution in [2.75, 3.05) is 0 Å². The first-order chi connectivity index (χ1) is 16.3. The maximum absolute atomic E-state index is 6.81. The first kappa shape index (κ1) is 25.3. The van der Waals surface area contributed by atoms with Gasteiger partial charge in [0.2, 0.25) is 0 Å². The molecule has 1 nitrogen and oxygen atoms in total. The number of hydrogen-bond acceptors (Lipinski definition) is 0. The second-order valence-electron chi connectivity index (χ2n) is 9.29. The molecule has 1 aromatic heterocycles. The average molecular weight is 420 g/mol. The maximum atomic E-state index is 6.81. The molecule has 0 amide bonds. The number of hydrogen-bond donors (Lipinski definition) is 0. The van der Waals surface area contributed by atoms with Crippen molar-refractivity contribution in [1.29, 1.82) is 0 Å². The minimum atomic E-state index is -1.16. The quantitative estimate of drug-likeness (QED) is 0.469. The lowest BCUT2D eigenvalue weighted by molar-refractivity contribution is -0.556. The normalized spacial score (nSPS) is 15.2. The van der Waals surface area contributed by atoms with Crippen LogP contribution in [0.2, 0.25) is 5.01 Å². The Hall–Kier alpha value is -1.76. The molecular formula is C23H21B10N+. The Morgan fingerprint density at radius 3 is 2.03 bits per heavy atom. The van der Waals surface area contributed by atoms with Crippen molar-refractivity contribution >= 4 is 73.3 Å². The fourth-order valence-corrected chi connectivity index (χ4v) is 5.60. The van der Waals surface area contributed by atoms with Crippen molar-refractivity contribution in [3.63, 3.8) is 0 Å². The van der Waals surface area contributed by atoms with E-state index in [2.05, 4.69) is 85.1 Å². The highest BCUT2D eigenvalue weighted by Crippen LogP contribution is 2.45. The van der Waals surface area contributed by atoms with E-state index >= 15 is 0 Å². The lowest BCUT2D eigenvalue weighted by Crippen LogP contribution is -2.71. The van der Waals surface area contributed by atoms with Crippen LogP contribution in [0.4, 0.5) is 0 Å². The van der Waals surface area contributed by atoms with Crippen molar-refractivity contribution in [2.45, 2.75) is 37.1 Å². The summed E-state index contributed by atoms with van der Waals surface area (Å²) < 4.78 is 2.22. The molecule has 0 N–H and O–H groups in total. The predicted molar refractivity (Wildman–Crippen MR) is 153 cm³/mol. The van der Waals surface area contributed by atoms with Gasteiger partial charge in [-0.3, -0.25) is 4.48 Å². The SMILES string of the molecule is [B][B]B([n+]1c(CC)cccc1C1(C)c2ccccc2Cc2ccccc21)C([B])([B][B])[B]B([B])[B]. The van der Waals surface area contributed by atoms with Gasteiger partial charge in [-0.05, 0) is 41.7 Å². The minimum absolute atomic E-state index is 0.446. The number of benzene rings is 2. The van der Waals surface area contributed by atoms with E-state index in [9.17, 15) is 0 Å². The van der Waals surface area contributed by atoms with Gasteiger partial charge in [-0.1, -0.05) is 60.5 Å². The molecule has 1 heterocycles.